The van der Waals surface area contributed by atoms with E-state index in [0.717, 1.165) is 5.56 Å². The fraction of sp³-hybridized carbons (Fsp3) is 0.455. The number of aliphatic hydroxyl groups is 1. The van der Waals surface area contributed by atoms with Crippen LogP contribution in [0.1, 0.15) is 18.5 Å². The third kappa shape index (κ3) is 2.11. The molecule has 0 radical (unpaired) electrons. The van der Waals surface area contributed by atoms with Gasteiger partial charge in [0.1, 0.15) is 0 Å². The van der Waals surface area contributed by atoms with E-state index in [2.05, 4.69) is 5.32 Å². The van der Waals surface area contributed by atoms with Gasteiger partial charge in [0.2, 0.25) is 0 Å². The van der Waals surface area contributed by atoms with Gasteiger partial charge in [0.15, 0.2) is 9.84 Å². The molecule has 4 nitrogen and oxygen atoms in total. The second-order valence-electron chi connectivity index (χ2n) is 4.13. The predicted octanol–water partition coefficient (Wildman–Crippen LogP) is 0.485. The first-order valence-electron chi connectivity index (χ1n) is 5.24. The molecule has 5 heteroatoms. The summed E-state index contributed by atoms with van der Waals surface area (Å²) in [4.78, 5) is 0.415. The van der Waals surface area contributed by atoms with Crippen molar-refractivity contribution in [1.82, 2.24) is 5.32 Å². The molecule has 1 aliphatic heterocycles. The van der Waals surface area contributed by atoms with E-state index in [1.807, 2.05) is 12.1 Å². The minimum absolute atomic E-state index is 0.0824. The zero-order valence-corrected chi connectivity index (χ0v) is 9.87. The van der Waals surface area contributed by atoms with Gasteiger partial charge in [-0.1, -0.05) is 18.2 Å². The molecule has 2 unspecified atom stereocenters. The summed E-state index contributed by atoms with van der Waals surface area (Å²) >= 11 is 0. The van der Waals surface area contributed by atoms with Crippen LogP contribution in [0.3, 0.4) is 0 Å². The van der Waals surface area contributed by atoms with Crippen molar-refractivity contribution in [1.29, 1.82) is 0 Å². The maximum atomic E-state index is 11.8. The van der Waals surface area contributed by atoms with Crippen molar-refractivity contribution in [3.8, 4) is 0 Å². The molecule has 0 aliphatic carbocycles. The maximum absolute atomic E-state index is 11.8. The van der Waals surface area contributed by atoms with Gasteiger partial charge < -0.3 is 10.4 Å². The van der Waals surface area contributed by atoms with Gasteiger partial charge in [-0.25, -0.2) is 8.42 Å². The molecule has 2 atom stereocenters. The van der Waals surface area contributed by atoms with E-state index < -0.39 is 15.9 Å². The van der Waals surface area contributed by atoms with E-state index in [1.54, 1.807) is 19.1 Å². The summed E-state index contributed by atoms with van der Waals surface area (Å²) in [6, 6.07) is 6.81. The molecule has 0 amide bonds. The van der Waals surface area contributed by atoms with Gasteiger partial charge in [0.25, 0.3) is 0 Å². The van der Waals surface area contributed by atoms with Crippen LogP contribution in [0.4, 0.5) is 0 Å². The highest BCUT2D eigenvalue weighted by molar-refractivity contribution is 7.91. The molecule has 16 heavy (non-hydrogen) atoms. The zero-order chi connectivity index (χ0) is 11.8. The summed E-state index contributed by atoms with van der Waals surface area (Å²) in [5.74, 6) is 0.0824. The Morgan fingerprint density at radius 3 is 2.88 bits per heavy atom. The van der Waals surface area contributed by atoms with Crippen molar-refractivity contribution >= 4 is 9.84 Å². The van der Waals surface area contributed by atoms with Gasteiger partial charge in [0, 0.05) is 12.6 Å². The number of rotatable bonds is 3. The highest BCUT2D eigenvalue weighted by atomic mass is 32.2. The molecule has 0 aromatic heterocycles. The average molecular weight is 241 g/mol. The number of nitrogens with one attached hydrogen (secondary N) is 1. The van der Waals surface area contributed by atoms with Gasteiger partial charge in [-0.05, 0) is 18.6 Å². The van der Waals surface area contributed by atoms with Crippen LogP contribution in [0.25, 0.3) is 0 Å². The van der Waals surface area contributed by atoms with E-state index in [-0.39, 0.29) is 11.8 Å². The SMILES string of the molecule is CC(O)CNC1CS(=O)(=O)c2ccccc21. The molecule has 0 spiro atoms. The number of sulfone groups is 1. The third-order valence-electron chi connectivity index (χ3n) is 2.68. The first-order chi connectivity index (χ1) is 7.50. The molecule has 1 aromatic carbocycles. The number of hydrogen-bond acceptors (Lipinski definition) is 4. The fourth-order valence-electron chi connectivity index (χ4n) is 1.93. The average Bonchev–Trinajstić information content (AvgIpc) is 2.49. The lowest BCUT2D eigenvalue weighted by Gasteiger charge is -2.13. The van der Waals surface area contributed by atoms with Gasteiger partial charge in [-0.3, -0.25) is 0 Å². The Kier molecular flexibility index (Phi) is 3.01. The second-order valence-corrected chi connectivity index (χ2v) is 6.13. The molecular weight excluding hydrogens is 226 g/mol. The van der Waals surface area contributed by atoms with Crippen LogP contribution in [0.15, 0.2) is 29.2 Å². The lowest BCUT2D eigenvalue weighted by atomic mass is 10.1. The Morgan fingerprint density at radius 2 is 2.19 bits per heavy atom. The Labute approximate surface area is 95.2 Å². The molecule has 0 bridgehead atoms. The van der Waals surface area contributed by atoms with Crippen LogP contribution < -0.4 is 5.32 Å². The standard InChI is InChI=1S/C11H15NO3S/c1-8(13)6-12-10-7-16(14,15)11-5-3-2-4-9(10)11/h2-5,8,10,12-13H,6-7H2,1H3. The number of fused-ring (bicyclic) bond motifs is 1. The lowest BCUT2D eigenvalue weighted by Crippen LogP contribution is -2.29. The molecule has 0 saturated carbocycles. The van der Waals surface area contributed by atoms with Gasteiger partial charge in [-0.2, -0.15) is 0 Å². The molecule has 1 aromatic rings. The third-order valence-corrected chi connectivity index (χ3v) is 4.49. The van der Waals surface area contributed by atoms with Crippen LogP contribution in [0, 0.1) is 0 Å². The van der Waals surface area contributed by atoms with Crippen molar-refractivity contribution in [2.45, 2.75) is 24.0 Å². The Balaban J connectivity index is 2.27. The second kappa shape index (κ2) is 4.16. The summed E-state index contributed by atoms with van der Waals surface area (Å²) in [6.07, 6.45) is -0.476. The van der Waals surface area contributed by atoms with Crippen LogP contribution >= 0.6 is 0 Å². The molecular formula is C11H15NO3S. The first-order valence-corrected chi connectivity index (χ1v) is 6.89. The molecule has 2 N–H and O–H groups in total. The summed E-state index contributed by atoms with van der Waals surface area (Å²) in [5.41, 5.74) is 0.808. The minimum atomic E-state index is -3.15. The summed E-state index contributed by atoms with van der Waals surface area (Å²) in [7, 11) is -3.15. The van der Waals surface area contributed by atoms with E-state index in [4.69, 9.17) is 0 Å². The van der Waals surface area contributed by atoms with Crippen molar-refractivity contribution < 1.29 is 13.5 Å². The highest BCUT2D eigenvalue weighted by Gasteiger charge is 2.33. The predicted molar refractivity (Wildman–Crippen MR) is 60.9 cm³/mol. The van der Waals surface area contributed by atoms with Crippen LogP contribution in [0.2, 0.25) is 0 Å². The van der Waals surface area contributed by atoms with E-state index in [0.29, 0.717) is 11.4 Å². The van der Waals surface area contributed by atoms with Crippen LogP contribution in [0.5, 0.6) is 0 Å². The van der Waals surface area contributed by atoms with Crippen LogP contribution in [-0.2, 0) is 9.84 Å². The van der Waals surface area contributed by atoms with E-state index in [1.165, 1.54) is 0 Å². The quantitative estimate of drug-likeness (QED) is 0.808. The Bertz CT molecular complexity index is 482. The number of hydrogen-bond donors (Lipinski definition) is 2. The van der Waals surface area contributed by atoms with Gasteiger partial charge in [-0.15, -0.1) is 0 Å². The monoisotopic (exact) mass is 241 g/mol. The lowest BCUT2D eigenvalue weighted by molar-refractivity contribution is 0.187. The van der Waals surface area contributed by atoms with Crippen LogP contribution in [-0.4, -0.2) is 31.9 Å². The molecule has 0 saturated heterocycles. The Hall–Kier alpha value is -0.910. The van der Waals surface area contributed by atoms with Crippen molar-refractivity contribution in [2.24, 2.45) is 0 Å². The van der Waals surface area contributed by atoms with E-state index in [9.17, 15) is 13.5 Å². The van der Waals surface area contributed by atoms with E-state index >= 15 is 0 Å². The van der Waals surface area contributed by atoms with Crippen molar-refractivity contribution in [3.05, 3.63) is 29.8 Å². The maximum Gasteiger partial charge on any atom is 0.180 e. The highest BCUT2D eigenvalue weighted by Crippen LogP contribution is 2.32. The van der Waals surface area contributed by atoms with Crippen molar-refractivity contribution in [2.75, 3.05) is 12.3 Å². The normalized spacial score (nSPS) is 24.0. The molecule has 1 aliphatic rings. The minimum Gasteiger partial charge on any atom is -0.392 e. The fourth-order valence-corrected chi connectivity index (χ4v) is 3.70. The van der Waals surface area contributed by atoms with Gasteiger partial charge in [0.05, 0.1) is 16.8 Å². The number of aliphatic hydroxyl groups excluding tert-OH is 1. The Morgan fingerprint density at radius 1 is 1.50 bits per heavy atom. The first kappa shape index (κ1) is 11.6. The molecule has 2 rings (SSSR count). The van der Waals surface area contributed by atoms with Crippen molar-refractivity contribution in [3.63, 3.8) is 0 Å². The molecule has 1 heterocycles. The largest absolute Gasteiger partial charge is 0.392 e. The van der Waals surface area contributed by atoms with Gasteiger partial charge >= 0.3 is 0 Å². The number of benzene rings is 1. The zero-order valence-electron chi connectivity index (χ0n) is 9.05. The smallest absolute Gasteiger partial charge is 0.180 e. The summed E-state index contributed by atoms with van der Waals surface area (Å²) in [6.45, 7) is 2.07. The topological polar surface area (TPSA) is 66.4 Å². The molecule has 0 fully saturated rings. The summed E-state index contributed by atoms with van der Waals surface area (Å²) in [5, 5.41) is 12.2. The molecule has 88 valence electrons. The summed E-state index contributed by atoms with van der Waals surface area (Å²) < 4.78 is 23.6.